The number of rotatable bonds is 3. The molecule has 0 saturated carbocycles. The Hall–Kier alpha value is -1.22. The molecule has 0 radical (unpaired) electrons. The molecule has 0 bridgehead atoms. The van der Waals surface area contributed by atoms with Crippen LogP contribution in [0.3, 0.4) is 0 Å². The van der Waals surface area contributed by atoms with E-state index in [2.05, 4.69) is 0 Å². The molecule has 2 rings (SSSR count). The lowest BCUT2D eigenvalue weighted by Gasteiger charge is -2.24. The number of phenols is 1. The summed E-state index contributed by atoms with van der Waals surface area (Å²) in [7, 11) is 0. The molecule has 0 aliphatic carbocycles. The topological polar surface area (TPSA) is 40.5 Å². The van der Waals surface area contributed by atoms with Gasteiger partial charge in [-0.1, -0.05) is 11.6 Å². The van der Waals surface area contributed by atoms with E-state index in [0.717, 1.165) is 31.4 Å². The van der Waals surface area contributed by atoms with Crippen molar-refractivity contribution in [1.29, 1.82) is 0 Å². The first kappa shape index (κ1) is 13.2. The predicted molar refractivity (Wildman–Crippen MR) is 72.2 cm³/mol. The van der Waals surface area contributed by atoms with Crippen LogP contribution in [-0.4, -0.2) is 34.4 Å². The van der Waals surface area contributed by atoms with Crippen LogP contribution in [0.25, 0.3) is 0 Å². The maximum atomic E-state index is 12.4. The summed E-state index contributed by atoms with van der Waals surface area (Å²) >= 11 is 5.77. The third kappa shape index (κ3) is 2.61. The van der Waals surface area contributed by atoms with Crippen molar-refractivity contribution in [1.82, 2.24) is 4.90 Å². The third-order valence-corrected chi connectivity index (χ3v) is 3.68. The average molecular weight is 268 g/mol. The highest BCUT2D eigenvalue weighted by atomic mass is 35.5. The molecule has 1 fully saturated rings. The SMILES string of the molecule is Cc1ccc(O)c(C(=O)N2CCCC2CCCl)c1. The lowest BCUT2D eigenvalue weighted by Crippen LogP contribution is -2.35. The number of amides is 1. The molecule has 0 aromatic heterocycles. The van der Waals surface area contributed by atoms with Crippen molar-refractivity contribution in [3.8, 4) is 5.75 Å². The Kier molecular flexibility index (Phi) is 4.12. The summed E-state index contributed by atoms with van der Waals surface area (Å²) in [4.78, 5) is 14.3. The minimum absolute atomic E-state index is 0.0575. The molecule has 18 heavy (non-hydrogen) atoms. The lowest BCUT2D eigenvalue weighted by molar-refractivity contribution is 0.0731. The van der Waals surface area contributed by atoms with E-state index in [9.17, 15) is 9.90 Å². The van der Waals surface area contributed by atoms with E-state index in [0.29, 0.717) is 11.4 Å². The zero-order valence-electron chi connectivity index (χ0n) is 10.5. The fourth-order valence-corrected chi connectivity index (χ4v) is 2.76. The maximum Gasteiger partial charge on any atom is 0.257 e. The van der Waals surface area contributed by atoms with Crippen molar-refractivity contribution in [2.45, 2.75) is 32.2 Å². The van der Waals surface area contributed by atoms with Crippen molar-refractivity contribution in [2.75, 3.05) is 12.4 Å². The van der Waals surface area contributed by atoms with Gasteiger partial charge < -0.3 is 10.0 Å². The highest BCUT2D eigenvalue weighted by molar-refractivity contribution is 6.17. The van der Waals surface area contributed by atoms with Gasteiger partial charge in [0.1, 0.15) is 5.75 Å². The molecule has 1 amide bonds. The predicted octanol–water partition coefficient (Wildman–Crippen LogP) is 2.93. The summed E-state index contributed by atoms with van der Waals surface area (Å²) in [6.07, 6.45) is 2.84. The van der Waals surface area contributed by atoms with E-state index in [-0.39, 0.29) is 17.7 Å². The highest BCUT2D eigenvalue weighted by Gasteiger charge is 2.30. The highest BCUT2D eigenvalue weighted by Crippen LogP contribution is 2.26. The van der Waals surface area contributed by atoms with Gasteiger partial charge >= 0.3 is 0 Å². The molecule has 1 atom stereocenters. The number of aromatic hydroxyl groups is 1. The number of carbonyl (C=O) groups is 1. The number of benzene rings is 1. The second kappa shape index (κ2) is 5.61. The van der Waals surface area contributed by atoms with Crippen LogP contribution < -0.4 is 0 Å². The largest absolute Gasteiger partial charge is 0.507 e. The first-order valence-corrected chi connectivity index (χ1v) is 6.83. The molecule has 1 N–H and O–H groups in total. The molecule has 0 spiro atoms. The Labute approximate surface area is 112 Å². The fourth-order valence-electron chi connectivity index (χ4n) is 2.51. The first-order valence-electron chi connectivity index (χ1n) is 6.30. The van der Waals surface area contributed by atoms with Crippen LogP contribution in [0, 0.1) is 6.92 Å². The van der Waals surface area contributed by atoms with E-state index >= 15 is 0 Å². The van der Waals surface area contributed by atoms with E-state index in [1.54, 1.807) is 18.2 Å². The van der Waals surface area contributed by atoms with Gasteiger partial charge in [0.2, 0.25) is 0 Å². The van der Waals surface area contributed by atoms with E-state index < -0.39 is 0 Å². The van der Waals surface area contributed by atoms with Crippen LogP contribution in [-0.2, 0) is 0 Å². The third-order valence-electron chi connectivity index (χ3n) is 3.46. The van der Waals surface area contributed by atoms with E-state index in [1.165, 1.54) is 0 Å². The van der Waals surface area contributed by atoms with Crippen molar-refractivity contribution in [2.24, 2.45) is 0 Å². The molecule has 1 unspecified atom stereocenters. The van der Waals surface area contributed by atoms with Crippen molar-refractivity contribution in [3.05, 3.63) is 29.3 Å². The van der Waals surface area contributed by atoms with Gasteiger partial charge in [-0.3, -0.25) is 4.79 Å². The fraction of sp³-hybridized carbons (Fsp3) is 0.500. The molecule has 1 aromatic rings. The standard InChI is InChI=1S/C14H18ClNO2/c1-10-4-5-13(17)12(9-10)14(18)16-8-2-3-11(16)6-7-15/h4-5,9,11,17H,2-3,6-8H2,1H3. The molecular formula is C14H18ClNO2. The average Bonchev–Trinajstić information content (AvgIpc) is 2.80. The van der Waals surface area contributed by atoms with Crippen LogP contribution in [0.4, 0.5) is 0 Å². The number of phenolic OH excluding ortho intramolecular Hbond substituents is 1. The van der Waals surface area contributed by atoms with Crippen LogP contribution in [0.1, 0.15) is 35.2 Å². The van der Waals surface area contributed by atoms with Gasteiger partial charge in [0.05, 0.1) is 5.56 Å². The number of hydrogen-bond acceptors (Lipinski definition) is 2. The van der Waals surface area contributed by atoms with Gasteiger partial charge in [0.25, 0.3) is 5.91 Å². The number of halogens is 1. The van der Waals surface area contributed by atoms with Crippen LogP contribution in [0.5, 0.6) is 5.75 Å². The Balaban J connectivity index is 2.22. The Morgan fingerprint density at radius 2 is 2.33 bits per heavy atom. The van der Waals surface area contributed by atoms with Crippen molar-refractivity contribution < 1.29 is 9.90 Å². The molecular weight excluding hydrogens is 250 g/mol. The van der Waals surface area contributed by atoms with Gasteiger partial charge in [-0.2, -0.15) is 0 Å². The summed E-state index contributed by atoms with van der Waals surface area (Å²) in [5, 5.41) is 9.81. The Bertz CT molecular complexity index is 447. The molecule has 4 heteroatoms. The van der Waals surface area contributed by atoms with Crippen LogP contribution in [0.2, 0.25) is 0 Å². The molecule has 1 aromatic carbocycles. The number of aryl methyl sites for hydroxylation is 1. The Morgan fingerprint density at radius 1 is 1.56 bits per heavy atom. The van der Waals surface area contributed by atoms with Crippen molar-refractivity contribution >= 4 is 17.5 Å². The van der Waals surface area contributed by atoms with Crippen LogP contribution in [0.15, 0.2) is 18.2 Å². The summed E-state index contributed by atoms with van der Waals surface area (Å²) in [6, 6.07) is 5.34. The number of hydrogen-bond donors (Lipinski definition) is 1. The number of nitrogens with zero attached hydrogens (tertiary/aromatic N) is 1. The second-order valence-electron chi connectivity index (χ2n) is 4.79. The molecule has 98 valence electrons. The minimum atomic E-state index is -0.0798. The van der Waals surface area contributed by atoms with Gasteiger partial charge in [0, 0.05) is 18.5 Å². The number of likely N-dealkylation sites (tertiary alicyclic amines) is 1. The summed E-state index contributed by atoms with van der Waals surface area (Å²) in [6.45, 7) is 2.67. The van der Waals surface area contributed by atoms with Crippen LogP contribution >= 0.6 is 11.6 Å². The van der Waals surface area contributed by atoms with Gasteiger partial charge in [0.15, 0.2) is 0 Å². The molecule has 1 aliphatic heterocycles. The smallest absolute Gasteiger partial charge is 0.257 e. The lowest BCUT2D eigenvalue weighted by atomic mass is 10.1. The van der Waals surface area contributed by atoms with Crippen molar-refractivity contribution in [3.63, 3.8) is 0 Å². The normalized spacial score (nSPS) is 19.2. The molecule has 1 aliphatic rings. The summed E-state index contributed by atoms with van der Waals surface area (Å²) in [5.74, 6) is 0.541. The van der Waals surface area contributed by atoms with E-state index in [1.807, 2.05) is 11.8 Å². The number of carbonyl (C=O) groups excluding carboxylic acids is 1. The van der Waals surface area contributed by atoms with Gasteiger partial charge in [-0.05, 0) is 38.3 Å². The minimum Gasteiger partial charge on any atom is -0.507 e. The summed E-state index contributed by atoms with van der Waals surface area (Å²) in [5.41, 5.74) is 1.38. The van der Waals surface area contributed by atoms with Gasteiger partial charge in [-0.15, -0.1) is 11.6 Å². The molecule has 1 saturated heterocycles. The Morgan fingerprint density at radius 3 is 3.06 bits per heavy atom. The zero-order valence-corrected chi connectivity index (χ0v) is 11.3. The second-order valence-corrected chi connectivity index (χ2v) is 5.17. The van der Waals surface area contributed by atoms with Gasteiger partial charge in [-0.25, -0.2) is 0 Å². The zero-order chi connectivity index (χ0) is 13.1. The summed E-state index contributed by atoms with van der Waals surface area (Å²) < 4.78 is 0. The monoisotopic (exact) mass is 267 g/mol. The molecule has 3 nitrogen and oxygen atoms in total. The molecule has 1 heterocycles. The number of alkyl halides is 1. The maximum absolute atomic E-state index is 12.4. The quantitative estimate of drug-likeness (QED) is 0.856. The van der Waals surface area contributed by atoms with E-state index in [4.69, 9.17) is 11.6 Å². The first-order chi connectivity index (χ1) is 8.63.